The van der Waals surface area contributed by atoms with Crippen LogP contribution in [0.3, 0.4) is 0 Å². The Labute approximate surface area is 267 Å². The Balaban J connectivity index is 1.50. The molecule has 0 atom stereocenters. The van der Waals surface area contributed by atoms with Crippen molar-refractivity contribution in [3.8, 4) is 22.6 Å². The van der Waals surface area contributed by atoms with Crippen LogP contribution in [0, 0.1) is 13.8 Å². The first kappa shape index (κ1) is 30.3. The third-order valence-electron chi connectivity index (χ3n) is 8.29. The van der Waals surface area contributed by atoms with Crippen LogP contribution in [-0.4, -0.2) is 25.5 Å². The Morgan fingerprint density at radius 1 is 0.955 bits per heavy atom. The molecule has 1 aliphatic rings. The molecule has 0 amide bonds. The largest absolute Gasteiger partial charge is 0.478 e. The van der Waals surface area contributed by atoms with Gasteiger partial charge in [-0.25, -0.2) is 4.79 Å². The first-order chi connectivity index (χ1) is 21.0. The predicted molar refractivity (Wildman–Crippen MR) is 176 cm³/mol. The van der Waals surface area contributed by atoms with Gasteiger partial charge < -0.3 is 14.0 Å². The quantitative estimate of drug-likeness (QED) is 0.103. The third-order valence-corrected chi connectivity index (χ3v) is 11.8. The van der Waals surface area contributed by atoms with E-state index in [0.717, 1.165) is 82.7 Å². The van der Waals surface area contributed by atoms with Crippen LogP contribution in [0.25, 0.3) is 32.0 Å². The number of hydrogen-bond donors (Lipinski definition) is 1. The standard InChI is InChI=1S/C34H29BrO7S2/c1-18-19(2)43-33-30(18)31(24-10-6-7-11-25(24)32(33)35)22-12-15-28(27(16-22)21-8-4-5-9-21)42-44(39,40)23-13-14-26(34(37)38)29(17-23)41-20(3)36/h6-7,10-17,21H,4-5,8-9H2,1-3H3,(H,37,38). The Hall–Kier alpha value is -3.73. The van der Waals surface area contributed by atoms with Crippen LogP contribution >= 0.6 is 27.3 Å². The van der Waals surface area contributed by atoms with Crippen LogP contribution in [-0.2, 0) is 14.9 Å². The molecule has 5 aromatic rings. The Morgan fingerprint density at radius 3 is 2.34 bits per heavy atom. The van der Waals surface area contributed by atoms with Crippen molar-refractivity contribution in [2.24, 2.45) is 0 Å². The predicted octanol–water partition coefficient (Wildman–Crippen LogP) is 9.15. The minimum absolute atomic E-state index is 0.119. The van der Waals surface area contributed by atoms with Crippen LogP contribution in [0.4, 0.5) is 0 Å². The van der Waals surface area contributed by atoms with Gasteiger partial charge >= 0.3 is 22.1 Å². The lowest BCUT2D eigenvalue weighted by Crippen LogP contribution is -2.14. The normalized spacial score (nSPS) is 13.9. The molecule has 0 radical (unpaired) electrons. The maximum absolute atomic E-state index is 13.6. The van der Waals surface area contributed by atoms with Crippen molar-refractivity contribution in [3.63, 3.8) is 0 Å². The molecule has 1 N–H and O–H groups in total. The minimum Gasteiger partial charge on any atom is -0.478 e. The van der Waals surface area contributed by atoms with E-state index in [1.54, 1.807) is 17.4 Å². The molecule has 0 aliphatic heterocycles. The second-order valence-corrected chi connectivity index (χ2v) is 14.6. The monoisotopic (exact) mass is 692 g/mol. The zero-order valence-electron chi connectivity index (χ0n) is 24.3. The molecule has 0 spiro atoms. The summed E-state index contributed by atoms with van der Waals surface area (Å²) >= 11 is 5.62. The average Bonchev–Trinajstić information content (AvgIpc) is 3.62. The molecule has 7 nitrogen and oxygen atoms in total. The number of fused-ring (bicyclic) bond motifs is 2. The number of thiophene rings is 1. The van der Waals surface area contributed by atoms with E-state index in [1.807, 2.05) is 18.2 Å². The number of carboxylic acids is 1. The molecule has 226 valence electrons. The van der Waals surface area contributed by atoms with Gasteiger partial charge in [-0.05, 0) is 106 Å². The lowest BCUT2D eigenvalue weighted by Gasteiger charge is -2.19. The maximum atomic E-state index is 13.6. The maximum Gasteiger partial charge on any atom is 0.339 e. The molecule has 4 aromatic carbocycles. The number of hydrogen-bond acceptors (Lipinski definition) is 7. The fourth-order valence-electron chi connectivity index (χ4n) is 6.11. The number of aryl methyl sites for hydroxylation is 2. The first-order valence-corrected chi connectivity index (χ1v) is 17.2. The van der Waals surface area contributed by atoms with Crippen molar-refractivity contribution in [3.05, 3.63) is 86.7 Å². The molecule has 1 fully saturated rings. The summed E-state index contributed by atoms with van der Waals surface area (Å²) in [5.74, 6) is -2.14. The summed E-state index contributed by atoms with van der Waals surface area (Å²) in [6.07, 6.45) is 3.91. The molecule has 44 heavy (non-hydrogen) atoms. The van der Waals surface area contributed by atoms with E-state index in [0.29, 0.717) is 0 Å². The molecule has 0 saturated heterocycles. The fraction of sp³-hybridized carbons (Fsp3) is 0.235. The highest BCUT2D eigenvalue weighted by molar-refractivity contribution is 9.11. The van der Waals surface area contributed by atoms with Gasteiger partial charge in [0.2, 0.25) is 0 Å². The summed E-state index contributed by atoms with van der Waals surface area (Å²) in [5, 5.41) is 12.9. The van der Waals surface area contributed by atoms with Crippen LogP contribution in [0.15, 0.2) is 70.0 Å². The highest BCUT2D eigenvalue weighted by atomic mass is 79.9. The van der Waals surface area contributed by atoms with E-state index < -0.39 is 22.1 Å². The Bertz CT molecular complexity index is 2090. The number of ether oxygens (including phenoxy) is 1. The summed E-state index contributed by atoms with van der Waals surface area (Å²) < 4.78 is 40.2. The van der Waals surface area contributed by atoms with E-state index >= 15 is 0 Å². The highest BCUT2D eigenvalue weighted by Crippen LogP contribution is 2.49. The number of carboxylic acid groups (broad SMARTS) is 1. The number of esters is 1. The Kier molecular flexibility index (Phi) is 8.02. The van der Waals surface area contributed by atoms with Gasteiger partial charge in [-0.2, -0.15) is 8.42 Å². The van der Waals surface area contributed by atoms with E-state index in [4.69, 9.17) is 8.92 Å². The van der Waals surface area contributed by atoms with Gasteiger partial charge in [0.25, 0.3) is 0 Å². The lowest BCUT2D eigenvalue weighted by atomic mass is 9.89. The molecule has 1 heterocycles. The van der Waals surface area contributed by atoms with Gasteiger partial charge in [-0.1, -0.05) is 43.2 Å². The number of carbonyl (C=O) groups excluding carboxylic acids is 1. The number of halogens is 1. The van der Waals surface area contributed by atoms with Crippen LogP contribution < -0.4 is 8.92 Å². The van der Waals surface area contributed by atoms with Crippen molar-refractivity contribution < 1.29 is 32.0 Å². The second-order valence-electron chi connectivity index (χ2n) is 11.1. The van der Waals surface area contributed by atoms with Crippen molar-refractivity contribution in [1.82, 2.24) is 0 Å². The van der Waals surface area contributed by atoms with E-state index in [9.17, 15) is 23.1 Å². The fourth-order valence-corrected chi connectivity index (χ4v) is 8.98. The summed E-state index contributed by atoms with van der Waals surface area (Å²) in [5.41, 5.74) is 3.78. The van der Waals surface area contributed by atoms with Gasteiger partial charge in [0, 0.05) is 27.7 Å². The average molecular weight is 694 g/mol. The number of carbonyl (C=O) groups is 2. The van der Waals surface area contributed by atoms with Crippen LogP contribution in [0.5, 0.6) is 11.5 Å². The topological polar surface area (TPSA) is 107 Å². The van der Waals surface area contributed by atoms with E-state index in [2.05, 4.69) is 48.0 Å². The summed E-state index contributed by atoms with van der Waals surface area (Å²) in [7, 11) is -4.41. The molecule has 6 rings (SSSR count). The van der Waals surface area contributed by atoms with Crippen molar-refractivity contribution >= 4 is 70.2 Å². The zero-order chi connectivity index (χ0) is 31.3. The molecule has 0 unspecified atom stereocenters. The molecular weight excluding hydrogens is 664 g/mol. The van der Waals surface area contributed by atoms with Gasteiger partial charge in [-0.3, -0.25) is 4.79 Å². The van der Waals surface area contributed by atoms with Crippen LogP contribution in [0.2, 0.25) is 0 Å². The summed E-state index contributed by atoms with van der Waals surface area (Å²) in [4.78, 5) is 24.1. The molecule has 1 aromatic heterocycles. The zero-order valence-corrected chi connectivity index (χ0v) is 27.5. The smallest absolute Gasteiger partial charge is 0.339 e. The van der Waals surface area contributed by atoms with E-state index in [-0.39, 0.29) is 27.9 Å². The van der Waals surface area contributed by atoms with Crippen LogP contribution in [0.1, 0.15) is 64.9 Å². The van der Waals surface area contributed by atoms with Crippen molar-refractivity contribution in [1.29, 1.82) is 0 Å². The number of aromatic carboxylic acids is 1. The van der Waals surface area contributed by atoms with E-state index in [1.165, 1.54) is 20.5 Å². The molecular formula is C34H29BrO7S2. The number of rotatable bonds is 7. The molecule has 1 saturated carbocycles. The third kappa shape index (κ3) is 5.39. The number of benzene rings is 4. The molecule has 1 aliphatic carbocycles. The van der Waals surface area contributed by atoms with Crippen molar-refractivity contribution in [2.75, 3.05) is 0 Å². The van der Waals surface area contributed by atoms with Gasteiger partial charge in [0.1, 0.15) is 22.0 Å². The Morgan fingerprint density at radius 2 is 1.66 bits per heavy atom. The highest BCUT2D eigenvalue weighted by Gasteiger charge is 2.28. The van der Waals surface area contributed by atoms with Gasteiger partial charge in [-0.15, -0.1) is 11.3 Å². The van der Waals surface area contributed by atoms with Crippen molar-refractivity contribution in [2.45, 2.75) is 57.3 Å². The van der Waals surface area contributed by atoms with Gasteiger partial charge in [0.15, 0.2) is 0 Å². The van der Waals surface area contributed by atoms with Gasteiger partial charge in [0.05, 0.1) is 4.70 Å². The minimum atomic E-state index is -4.41. The summed E-state index contributed by atoms with van der Waals surface area (Å²) in [6, 6.07) is 17.2. The SMILES string of the molecule is CC(=O)Oc1cc(S(=O)(=O)Oc2ccc(-c3c4ccccc4c(Br)c4sc(C)c(C)c34)cc2C2CCCC2)ccc1C(=O)O. The first-order valence-electron chi connectivity index (χ1n) is 14.2. The molecule has 10 heteroatoms. The summed E-state index contributed by atoms with van der Waals surface area (Å²) in [6.45, 7) is 5.38. The molecule has 0 bridgehead atoms. The lowest BCUT2D eigenvalue weighted by molar-refractivity contribution is -0.131. The second kappa shape index (κ2) is 11.6.